The zero-order valence-electron chi connectivity index (χ0n) is 15.0. The van der Waals surface area contributed by atoms with Gasteiger partial charge in [-0.2, -0.15) is 0 Å². The van der Waals surface area contributed by atoms with E-state index in [0.717, 1.165) is 5.56 Å². The molecule has 0 radical (unpaired) electrons. The lowest BCUT2D eigenvalue weighted by Gasteiger charge is -2.24. The minimum atomic E-state index is -0.551. The van der Waals surface area contributed by atoms with Gasteiger partial charge in [0.1, 0.15) is 11.4 Å². The molecule has 2 atom stereocenters. The molecule has 1 aliphatic heterocycles. The van der Waals surface area contributed by atoms with E-state index in [9.17, 15) is 9.59 Å². The van der Waals surface area contributed by atoms with Crippen molar-refractivity contribution in [3.63, 3.8) is 0 Å². The molecule has 2 rings (SSSR count). The number of rotatable bonds is 5. The Morgan fingerprint density at radius 2 is 1.83 bits per heavy atom. The van der Waals surface area contributed by atoms with Gasteiger partial charge in [-0.25, -0.2) is 4.79 Å². The smallest absolute Gasteiger partial charge is 0.410 e. The van der Waals surface area contributed by atoms with Gasteiger partial charge in [-0.15, -0.1) is 0 Å². The van der Waals surface area contributed by atoms with Crippen LogP contribution in [0.3, 0.4) is 0 Å². The van der Waals surface area contributed by atoms with Crippen molar-refractivity contribution >= 4 is 11.9 Å². The fourth-order valence-electron chi connectivity index (χ4n) is 2.77. The molecule has 0 aromatic heterocycles. The van der Waals surface area contributed by atoms with Crippen LogP contribution in [-0.2, 0) is 20.9 Å². The lowest BCUT2D eigenvalue weighted by Crippen LogP contribution is -2.36. The summed E-state index contributed by atoms with van der Waals surface area (Å²) in [6, 6.07) is 9.82. The molecule has 5 heteroatoms. The predicted molar refractivity (Wildman–Crippen MR) is 91.6 cm³/mol. The summed E-state index contributed by atoms with van der Waals surface area (Å²) in [4.78, 5) is 26.1. The molecule has 1 amide bonds. The fraction of sp³-hybridized carbons (Fsp3) is 0.579. The van der Waals surface area contributed by atoms with Gasteiger partial charge in [-0.05, 0) is 26.3 Å². The monoisotopic (exact) mass is 333 g/mol. The summed E-state index contributed by atoms with van der Waals surface area (Å²) in [6.45, 7) is 8.52. The third-order valence-corrected chi connectivity index (χ3v) is 3.99. The Morgan fingerprint density at radius 1 is 1.17 bits per heavy atom. The van der Waals surface area contributed by atoms with Crippen LogP contribution in [-0.4, -0.2) is 41.6 Å². The highest BCUT2D eigenvalue weighted by atomic mass is 16.6. The summed E-state index contributed by atoms with van der Waals surface area (Å²) in [6.07, 6.45) is -0.231. The molecule has 0 saturated carbocycles. The number of carbonyl (C=O) groups excluding carboxylic acids is 2. The van der Waals surface area contributed by atoms with Gasteiger partial charge in [0.05, 0.1) is 25.2 Å². The molecule has 0 spiro atoms. The van der Waals surface area contributed by atoms with Crippen molar-refractivity contribution in [2.45, 2.75) is 52.4 Å². The molecule has 1 saturated heterocycles. The SMILES string of the molecule is CCC(=O)[C@H]1CN(C(=O)OC(C)(C)C)C[C@@H]1OCc1ccccc1. The average molecular weight is 333 g/mol. The van der Waals surface area contributed by atoms with E-state index in [4.69, 9.17) is 9.47 Å². The predicted octanol–water partition coefficient (Wildman–Crippen LogP) is 3.42. The summed E-state index contributed by atoms with van der Waals surface area (Å²) in [7, 11) is 0. The fourth-order valence-corrected chi connectivity index (χ4v) is 2.77. The van der Waals surface area contributed by atoms with Gasteiger partial charge in [0.2, 0.25) is 0 Å². The second-order valence-corrected chi connectivity index (χ2v) is 7.15. The lowest BCUT2D eigenvalue weighted by molar-refractivity contribution is -0.126. The first-order valence-corrected chi connectivity index (χ1v) is 8.46. The summed E-state index contributed by atoms with van der Waals surface area (Å²) in [5.41, 5.74) is 0.501. The van der Waals surface area contributed by atoms with E-state index in [1.807, 2.05) is 58.0 Å². The topological polar surface area (TPSA) is 55.8 Å². The van der Waals surface area contributed by atoms with Gasteiger partial charge in [-0.1, -0.05) is 37.3 Å². The van der Waals surface area contributed by atoms with Crippen LogP contribution in [0.15, 0.2) is 30.3 Å². The van der Waals surface area contributed by atoms with Crippen molar-refractivity contribution in [3.05, 3.63) is 35.9 Å². The van der Waals surface area contributed by atoms with E-state index in [1.54, 1.807) is 4.90 Å². The van der Waals surface area contributed by atoms with Crippen LogP contribution in [0.5, 0.6) is 0 Å². The third-order valence-electron chi connectivity index (χ3n) is 3.99. The van der Waals surface area contributed by atoms with Crippen LogP contribution in [0.25, 0.3) is 0 Å². The van der Waals surface area contributed by atoms with Gasteiger partial charge in [0.15, 0.2) is 0 Å². The molecular weight excluding hydrogens is 306 g/mol. The molecule has 24 heavy (non-hydrogen) atoms. The second-order valence-electron chi connectivity index (χ2n) is 7.15. The maximum Gasteiger partial charge on any atom is 0.410 e. The van der Waals surface area contributed by atoms with Crippen LogP contribution in [0, 0.1) is 5.92 Å². The number of nitrogens with zero attached hydrogens (tertiary/aromatic N) is 1. The third kappa shape index (κ3) is 5.06. The number of benzene rings is 1. The summed E-state index contributed by atoms with van der Waals surface area (Å²) < 4.78 is 11.4. The average Bonchev–Trinajstić information content (AvgIpc) is 2.96. The van der Waals surface area contributed by atoms with E-state index >= 15 is 0 Å². The quantitative estimate of drug-likeness (QED) is 0.828. The van der Waals surface area contributed by atoms with Crippen LogP contribution >= 0.6 is 0 Å². The number of ether oxygens (including phenoxy) is 2. The number of carbonyl (C=O) groups is 2. The van der Waals surface area contributed by atoms with Gasteiger partial charge >= 0.3 is 6.09 Å². The molecule has 0 bridgehead atoms. The molecule has 1 heterocycles. The van der Waals surface area contributed by atoms with Crippen LogP contribution < -0.4 is 0 Å². The second kappa shape index (κ2) is 7.79. The van der Waals surface area contributed by atoms with E-state index < -0.39 is 5.60 Å². The summed E-state index contributed by atoms with van der Waals surface area (Å²) >= 11 is 0. The Kier molecular flexibility index (Phi) is 5.99. The van der Waals surface area contributed by atoms with Gasteiger partial charge in [0, 0.05) is 13.0 Å². The van der Waals surface area contributed by atoms with Crippen molar-refractivity contribution < 1.29 is 19.1 Å². The van der Waals surface area contributed by atoms with Crippen molar-refractivity contribution in [3.8, 4) is 0 Å². The van der Waals surface area contributed by atoms with E-state index in [1.165, 1.54) is 0 Å². The molecule has 132 valence electrons. The van der Waals surface area contributed by atoms with Gasteiger partial charge < -0.3 is 14.4 Å². The van der Waals surface area contributed by atoms with E-state index in [-0.39, 0.29) is 23.9 Å². The maximum atomic E-state index is 12.3. The zero-order chi connectivity index (χ0) is 17.7. The number of hydrogen-bond donors (Lipinski definition) is 0. The Balaban J connectivity index is 2.01. The molecular formula is C19H27NO4. The zero-order valence-corrected chi connectivity index (χ0v) is 15.0. The summed E-state index contributed by atoms with van der Waals surface area (Å²) in [5.74, 6) is -0.162. The molecule has 1 aliphatic rings. The first-order chi connectivity index (χ1) is 11.3. The lowest BCUT2D eigenvalue weighted by atomic mass is 9.99. The van der Waals surface area contributed by atoms with Crippen molar-refractivity contribution in [2.24, 2.45) is 5.92 Å². The normalized spacial score (nSPS) is 20.9. The Hall–Kier alpha value is -1.88. The molecule has 0 unspecified atom stereocenters. The molecule has 1 aromatic rings. The highest BCUT2D eigenvalue weighted by molar-refractivity contribution is 5.83. The van der Waals surface area contributed by atoms with Crippen molar-refractivity contribution in [1.29, 1.82) is 0 Å². The van der Waals surface area contributed by atoms with Crippen molar-refractivity contribution in [2.75, 3.05) is 13.1 Å². The van der Waals surface area contributed by atoms with Crippen molar-refractivity contribution in [1.82, 2.24) is 4.90 Å². The number of likely N-dealkylation sites (tertiary alicyclic amines) is 1. The number of ketones is 1. The van der Waals surface area contributed by atoms with E-state index in [2.05, 4.69) is 0 Å². The standard InChI is InChI=1S/C19H27NO4/c1-5-16(21)15-11-20(18(22)24-19(2,3)4)12-17(15)23-13-14-9-7-6-8-10-14/h6-10,15,17H,5,11-13H2,1-4H3/t15-,17+/m1/s1. The Bertz CT molecular complexity index is 564. The minimum absolute atomic E-state index is 0.124. The van der Waals surface area contributed by atoms with Crippen LogP contribution in [0.2, 0.25) is 0 Å². The Morgan fingerprint density at radius 3 is 2.42 bits per heavy atom. The maximum absolute atomic E-state index is 12.3. The Labute approximate surface area is 143 Å². The molecule has 1 fully saturated rings. The molecule has 0 aliphatic carbocycles. The number of hydrogen-bond acceptors (Lipinski definition) is 4. The van der Waals surface area contributed by atoms with Crippen LogP contribution in [0.4, 0.5) is 4.79 Å². The van der Waals surface area contributed by atoms with Gasteiger partial charge in [0.25, 0.3) is 0 Å². The largest absolute Gasteiger partial charge is 0.444 e. The van der Waals surface area contributed by atoms with Gasteiger partial charge in [-0.3, -0.25) is 4.79 Å². The molecule has 1 aromatic carbocycles. The minimum Gasteiger partial charge on any atom is -0.444 e. The highest BCUT2D eigenvalue weighted by Crippen LogP contribution is 2.25. The number of amides is 1. The molecule has 0 N–H and O–H groups in total. The first-order valence-electron chi connectivity index (χ1n) is 8.46. The van der Waals surface area contributed by atoms with Crippen LogP contribution in [0.1, 0.15) is 39.7 Å². The molecule has 5 nitrogen and oxygen atoms in total. The summed E-state index contributed by atoms with van der Waals surface area (Å²) in [5, 5.41) is 0. The van der Waals surface area contributed by atoms with E-state index in [0.29, 0.717) is 26.1 Å². The number of Topliss-reactive ketones (excluding diaryl/α,β-unsaturated/α-hetero) is 1. The first kappa shape index (κ1) is 18.5. The highest BCUT2D eigenvalue weighted by Gasteiger charge is 2.40.